The molecule has 0 amide bonds. The Morgan fingerprint density at radius 1 is 0.917 bits per heavy atom. The zero-order chi connectivity index (χ0) is 17.3. The molecule has 128 valence electrons. The standard InChI is InChI=1S/C22H28O2/c1-15-13-21(24)19(16-7-5-4-6-8-16)14-20(15)22(2,3)17-9-11-18(23)12-10-17/h9-14,16,23-24H,4-8H2,1-3H3. The fourth-order valence-electron chi connectivity index (χ4n) is 4.16. The van der Waals surface area contributed by atoms with Crippen molar-refractivity contribution in [2.24, 2.45) is 0 Å². The van der Waals surface area contributed by atoms with Gasteiger partial charge >= 0.3 is 0 Å². The Bertz CT molecular complexity index is 707. The zero-order valence-electron chi connectivity index (χ0n) is 15.0. The van der Waals surface area contributed by atoms with Crippen LogP contribution in [0.4, 0.5) is 0 Å². The van der Waals surface area contributed by atoms with Crippen molar-refractivity contribution >= 4 is 0 Å². The van der Waals surface area contributed by atoms with Crippen LogP contribution in [0.2, 0.25) is 0 Å². The quantitative estimate of drug-likeness (QED) is 0.751. The van der Waals surface area contributed by atoms with E-state index in [-0.39, 0.29) is 5.41 Å². The molecule has 1 aliphatic rings. The summed E-state index contributed by atoms with van der Waals surface area (Å²) in [7, 11) is 0. The maximum atomic E-state index is 10.5. The smallest absolute Gasteiger partial charge is 0.119 e. The van der Waals surface area contributed by atoms with Gasteiger partial charge in [0.2, 0.25) is 0 Å². The monoisotopic (exact) mass is 324 g/mol. The highest BCUT2D eigenvalue weighted by Gasteiger charge is 2.28. The lowest BCUT2D eigenvalue weighted by Gasteiger charge is -2.31. The third-order valence-electron chi connectivity index (χ3n) is 5.68. The van der Waals surface area contributed by atoms with Gasteiger partial charge in [0.1, 0.15) is 11.5 Å². The van der Waals surface area contributed by atoms with Crippen LogP contribution in [0.25, 0.3) is 0 Å². The number of rotatable bonds is 3. The van der Waals surface area contributed by atoms with Crippen LogP contribution in [0.3, 0.4) is 0 Å². The van der Waals surface area contributed by atoms with E-state index in [0.29, 0.717) is 17.4 Å². The number of aromatic hydroxyl groups is 2. The van der Waals surface area contributed by atoms with Gasteiger partial charge in [-0.15, -0.1) is 0 Å². The van der Waals surface area contributed by atoms with Gasteiger partial charge in [0.05, 0.1) is 0 Å². The van der Waals surface area contributed by atoms with Gasteiger partial charge in [-0.05, 0) is 66.1 Å². The number of benzene rings is 2. The molecule has 1 aliphatic carbocycles. The second-order valence-corrected chi connectivity index (χ2v) is 7.73. The minimum absolute atomic E-state index is 0.172. The molecule has 1 fully saturated rings. The maximum Gasteiger partial charge on any atom is 0.119 e. The lowest BCUT2D eigenvalue weighted by molar-refractivity contribution is 0.413. The van der Waals surface area contributed by atoms with Crippen molar-refractivity contribution in [2.75, 3.05) is 0 Å². The van der Waals surface area contributed by atoms with Gasteiger partial charge in [-0.1, -0.05) is 51.3 Å². The Morgan fingerprint density at radius 3 is 2.17 bits per heavy atom. The molecule has 2 N–H and O–H groups in total. The largest absolute Gasteiger partial charge is 0.508 e. The number of hydrogen-bond acceptors (Lipinski definition) is 2. The average Bonchev–Trinajstić information content (AvgIpc) is 2.56. The molecule has 0 atom stereocenters. The van der Waals surface area contributed by atoms with Crippen molar-refractivity contribution in [1.82, 2.24) is 0 Å². The van der Waals surface area contributed by atoms with Crippen molar-refractivity contribution in [2.45, 2.75) is 64.2 Å². The number of phenols is 2. The maximum absolute atomic E-state index is 10.5. The summed E-state index contributed by atoms with van der Waals surface area (Å²) in [4.78, 5) is 0. The summed E-state index contributed by atoms with van der Waals surface area (Å²) >= 11 is 0. The van der Waals surface area contributed by atoms with Crippen LogP contribution >= 0.6 is 0 Å². The van der Waals surface area contributed by atoms with Gasteiger partial charge in [0, 0.05) is 5.41 Å². The van der Waals surface area contributed by atoms with E-state index < -0.39 is 0 Å². The van der Waals surface area contributed by atoms with E-state index in [1.807, 2.05) is 18.2 Å². The number of phenolic OH excluding ortho intramolecular Hbond substituents is 2. The van der Waals surface area contributed by atoms with Crippen LogP contribution in [-0.4, -0.2) is 10.2 Å². The first-order chi connectivity index (χ1) is 11.4. The molecule has 0 unspecified atom stereocenters. The summed E-state index contributed by atoms with van der Waals surface area (Å²) in [6.45, 7) is 6.49. The molecule has 0 aliphatic heterocycles. The van der Waals surface area contributed by atoms with Crippen LogP contribution < -0.4 is 0 Å². The van der Waals surface area contributed by atoms with Crippen LogP contribution in [0.5, 0.6) is 11.5 Å². The van der Waals surface area contributed by atoms with E-state index in [1.165, 1.54) is 43.2 Å². The predicted molar refractivity (Wildman–Crippen MR) is 98.9 cm³/mol. The van der Waals surface area contributed by atoms with E-state index >= 15 is 0 Å². The lowest BCUT2D eigenvalue weighted by atomic mass is 9.74. The van der Waals surface area contributed by atoms with Crippen molar-refractivity contribution in [3.63, 3.8) is 0 Å². The second kappa shape index (κ2) is 6.51. The van der Waals surface area contributed by atoms with Crippen LogP contribution in [0.1, 0.15) is 74.1 Å². The molecule has 0 radical (unpaired) electrons. The first-order valence-electron chi connectivity index (χ1n) is 9.03. The van der Waals surface area contributed by atoms with Crippen LogP contribution in [-0.2, 0) is 5.41 Å². The predicted octanol–water partition coefficient (Wildman–Crippen LogP) is 5.78. The molecule has 24 heavy (non-hydrogen) atoms. The van der Waals surface area contributed by atoms with E-state index in [4.69, 9.17) is 0 Å². The Labute approximate surface area is 145 Å². The summed E-state index contributed by atoms with van der Waals surface area (Å²) in [5.41, 5.74) is 4.48. The molecule has 2 aromatic carbocycles. The zero-order valence-corrected chi connectivity index (χ0v) is 15.0. The lowest BCUT2D eigenvalue weighted by Crippen LogP contribution is -2.21. The summed E-state index contributed by atoms with van der Waals surface area (Å²) in [6.07, 6.45) is 6.18. The third-order valence-corrected chi connectivity index (χ3v) is 5.68. The topological polar surface area (TPSA) is 40.5 Å². The Morgan fingerprint density at radius 2 is 1.54 bits per heavy atom. The minimum atomic E-state index is -0.172. The normalized spacial score (nSPS) is 16.3. The van der Waals surface area contributed by atoms with Crippen molar-refractivity contribution < 1.29 is 10.2 Å². The van der Waals surface area contributed by atoms with Crippen molar-refractivity contribution in [3.05, 3.63) is 58.7 Å². The molecule has 0 spiro atoms. The van der Waals surface area contributed by atoms with Gasteiger partial charge in [0.15, 0.2) is 0 Å². The molecule has 3 rings (SSSR count). The summed E-state index contributed by atoms with van der Waals surface area (Å²) in [5, 5.41) is 20.1. The van der Waals surface area contributed by atoms with Gasteiger partial charge in [-0.3, -0.25) is 0 Å². The molecule has 2 aromatic rings. The van der Waals surface area contributed by atoms with Gasteiger partial charge in [-0.25, -0.2) is 0 Å². The fraction of sp³-hybridized carbons (Fsp3) is 0.455. The molecule has 2 heteroatoms. The number of hydrogen-bond donors (Lipinski definition) is 2. The van der Waals surface area contributed by atoms with Gasteiger partial charge in [-0.2, -0.15) is 0 Å². The summed E-state index contributed by atoms with van der Waals surface area (Å²) in [5.74, 6) is 1.22. The Balaban J connectivity index is 2.04. The van der Waals surface area contributed by atoms with Crippen LogP contribution in [0, 0.1) is 6.92 Å². The molecule has 2 nitrogen and oxygen atoms in total. The van der Waals surface area contributed by atoms with Crippen LogP contribution in [0.15, 0.2) is 36.4 Å². The molecule has 0 aromatic heterocycles. The molecular formula is C22H28O2. The molecule has 0 saturated heterocycles. The van der Waals surface area contributed by atoms with Gasteiger partial charge < -0.3 is 10.2 Å². The molecule has 1 saturated carbocycles. The Hall–Kier alpha value is -1.96. The van der Waals surface area contributed by atoms with E-state index in [1.54, 1.807) is 12.1 Å². The molecule has 0 heterocycles. The fourth-order valence-corrected chi connectivity index (χ4v) is 4.16. The van der Waals surface area contributed by atoms with E-state index in [9.17, 15) is 10.2 Å². The minimum Gasteiger partial charge on any atom is -0.508 e. The second-order valence-electron chi connectivity index (χ2n) is 7.73. The highest BCUT2D eigenvalue weighted by Crippen LogP contribution is 2.42. The van der Waals surface area contributed by atoms with E-state index in [0.717, 1.165) is 11.1 Å². The molecule has 0 bridgehead atoms. The highest BCUT2D eigenvalue weighted by molar-refractivity contribution is 5.50. The van der Waals surface area contributed by atoms with Crippen molar-refractivity contribution in [1.29, 1.82) is 0 Å². The Kier molecular flexibility index (Phi) is 4.58. The summed E-state index contributed by atoms with van der Waals surface area (Å²) < 4.78 is 0. The van der Waals surface area contributed by atoms with Gasteiger partial charge in [0.25, 0.3) is 0 Å². The highest BCUT2D eigenvalue weighted by atomic mass is 16.3. The first-order valence-corrected chi connectivity index (χ1v) is 9.03. The molecular weight excluding hydrogens is 296 g/mol. The van der Waals surface area contributed by atoms with Crippen molar-refractivity contribution in [3.8, 4) is 11.5 Å². The first kappa shape index (κ1) is 16.9. The third kappa shape index (κ3) is 3.15. The SMILES string of the molecule is Cc1cc(O)c(C2CCCCC2)cc1C(C)(C)c1ccc(O)cc1. The average molecular weight is 324 g/mol. The summed E-state index contributed by atoms with van der Waals surface area (Å²) in [6, 6.07) is 11.6. The van der Waals surface area contributed by atoms with E-state index in [2.05, 4.69) is 26.8 Å². The number of aryl methyl sites for hydroxylation is 1.